The van der Waals surface area contributed by atoms with E-state index in [1.807, 2.05) is 6.08 Å². The highest BCUT2D eigenvalue weighted by Crippen LogP contribution is 2.24. The van der Waals surface area contributed by atoms with Crippen LogP contribution in [-0.4, -0.2) is 13.2 Å². The van der Waals surface area contributed by atoms with Gasteiger partial charge in [0.15, 0.2) is 0 Å². The average molecular weight is 151 g/mol. The zero-order valence-corrected chi connectivity index (χ0v) is 7.00. The van der Waals surface area contributed by atoms with Gasteiger partial charge in [-0.1, -0.05) is 13.0 Å². The Morgan fingerprint density at radius 3 is 3.00 bits per heavy atom. The van der Waals surface area contributed by atoms with Gasteiger partial charge in [0.1, 0.15) is 0 Å². The molecule has 0 aliphatic heterocycles. The Morgan fingerprint density at radius 1 is 1.73 bits per heavy atom. The normalized spacial score (nSPS) is 30.8. The number of methoxy groups -OCH3 is 1. The quantitative estimate of drug-likeness (QED) is 0.573. The van der Waals surface area contributed by atoms with E-state index in [9.17, 15) is 0 Å². The summed E-state index contributed by atoms with van der Waals surface area (Å²) < 4.78 is 5.17. The molecule has 0 aromatic carbocycles. The number of hydrogen-bond acceptors (Lipinski definition) is 2. The molecule has 0 unspecified atom stereocenters. The third kappa shape index (κ3) is 1.81. The highest BCUT2D eigenvalue weighted by atomic mass is 16.5. The summed E-state index contributed by atoms with van der Waals surface area (Å²) in [6, 6.07) is 2.16. The Labute approximate surface area is 67.5 Å². The monoisotopic (exact) mass is 151 g/mol. The predicted molar refractivity (Wildman–Crippen MR) is 42.9 cm³/mol. The second-order valence-corrected chi connectivity index (χ2v) is 3.07. The fourth-order valence-electron chi connectivity index (χ4n) is 1.39. The molecule has 2 heteroatoms. The van der Waals surface area contributed by atoms with E-state index in [0.717, 1.165) is 18.4 Å². The first kappa shape index (κ1) is 8.29. The van der Waals surface area contributed by atoms with Gasteiger partial charge >= 0.3 is 0 Å². The minimum atomic E-state index is 0.0451. The maximum atomic E-state index is 8.68. The first-order valence-corrected chi connectivity index (χ1v) is 3.91. The molecular weight excluding hydrogens is 138 g/mol. The number of nitriles is 1. The van der Waals surface area contributed by atoms with Crippen molar-refractivity contribution in [2.75, 3.05) is 7.11 Å². The Bertz CT molecular complexity index is 202. The Kier molecular flexibility index (Phi) is 2.67. The van der Waals surface area contributed by atoms with Gasteiger partial charge in [0.2, 0.25) is 0 Å². The molecule has 0 saturated heterocycles. The standard InChI is InChI=1S/C9H13NO/c1-7-3-4-8(6-10)9(5-7)11-2/h4,7,9H,3,5H2,1-2H3/t7-,9-/m1/s1. The minimum absolute atomic E-state index is 0.0451. The van der Waals surface area contributed by atoms with Gasteiger partial charge in [0.05, 0.1) is 17.7 Å². The van der Waals surface area contributed by atoms with Crippen LogP contribution in [0.5, 0.6) is 0 Å². The number of rotatable bonds is 1. The number of ether oxygens (including phenoxy) is 1. The minimum Gasteiger partial charge on any atom is -0.376 e. The number of hydrogen-bond donors (Lipinski definition) is 0. The summed E-state index contributed by atoms with van der Waals surface area (Å²) >= 11 is 0. The van der Waals surface area contributed by atoms with E-state index in [1.54, 1.807) is 7.11 Å². The van der Waals surface area contributed by atoms with Gasteiger partial charge in [-0.2, -0.15) is 5.26 Å². The largest absolute Gasteiger partial charge is 0.376 e. The van der Waals surface area contributed by atoms with Crippen molar-refractivity contribution in [2.45, 2.75) is 25.9 Å². The van der Waals surface area contributed by atoms with Crippen LogP contribution in [0.1, 0.15) is 19.8 Å². The van der Waals surface area contributed by atoms with Crippen molar-refractivity contribution in [3.05, 3.63) is 11.6 Å². The molecular formula is C9H13NO. The molecule has 0 saturated carbocycles. The topological polar surface area (TPSA) is 33.0 Å². The number of nitrogens with zero attached hydrogens (tertiary/aromatic N) is 1. The van der Waals surface area contributed by atoms with E-state index in [0.29, 0.717) is 5.92 Å². The lowest BCUT2D eigenvalue weighted by atomic mass is 9.89. The van der Waals surface area contributed by atoms with E-state index < -0.39 is 0 Å². The zero-order valence-electron chi connectivity index (χ0n) is 7.00. The zero-order chi connectivity index (χ0) is 8.27. The molecule has 0 aromatic rings. The summed E-state index contributed by atoms with van der Waals surface area (Å²) in [4.78, 5) is 0. The summed E-state index contributed by atoms with van der Waals surface area (Å²) in [6.07, 6.45) is 4.03. The Balaban J connectivity index is 2.69. The molecule has 1 rings (SSSR count). The summed E-state index contributed by atoms with van der Waals surface area (Å²) in [5, 5.41) is 8.68. The molecule has 2 atom stereocenters. The Morgan fingerprint density at radius 2 is 2.45 bits per heavy atom. The smallest absolute Gasteiger partial charge is 0.0971 e. The van der Waals surface area contributed by atoms with Gasteiger partial charge in [0, 0.05) is 7.11 Å². The maximum absolute atomic E-state index is 8.68. The fraction of sp³-hybridized carbons (Fsp3) is 0.667. The third-order valence-corrected chi connectivity index (χ3v) is 2.12. The van der Waals surface area contributed by atoms with Gasteiger partial charge in [-0.15, -0.1) is 0 Å². The van der Waals surface area contributed by atoms with Crippen LogP contribution in [0, 0.1) is 17.2 Å². The molecule has 0 radical (unpaired) electrons. The van der Waals surface area contributed by atoms with Gasteiger partial charge in [-0.25, -0.2) is 0 Å². The van der Waals surface area contributed by atoms with E-state index in [4.69, 9.17) is 10.00 Å². The molecule has 0 amide bonds. The van der Waals surface area contributed by atoms with Crippen molar-refractivity contribution >= 4 is 0 Å². The van der Waals surface area contributed by atoms with Crippen LogP contribution in [0.3, 0.4) is 0 Å². The van der Waals surface area contributed by atoms with Gasteiger partial charge < -0.3 is 4.74 Å². The second kappa shape index (κ2) is 3.54. The lowest BCUT2D eigenvalue weighted by Crippen LogP contribution is -2.20. The molecule has 0 heterocycles. The molecule has 1 aliphatic rings. The first-order chi connectivity index (χ1) is 5.27. The molecule has 60 valence electrons. The Hall–Kier alpha value is -0.810. The van der Waals surface area contributed by atoms with Crippen LogP contribution in [0.15, 0.2) is 11.6 Å². The number of allylic oxidation sites excluding steroid dienone is 1. The lowest BCUT2D eigenvalue weighted by Gasteiger charge is -2.22. The van der Waals surface area contributed by atoms with Crippen molar-refractivity contribution in [1.29, 1.82) is 5.26 Å². The maximum Gasteiger partial charge on any atom is 0.0971 e. The molecule has 1 aliphatic carbocycles. The molecule has 11 heavy (non-hydrogen) atoms. The highest BCUT2D eigenvalue weighted by Gasteiger charge is 2.20. The van der Waals surface area contributed by atoms with Crippen molar-refractivity contribution in [1.82, 2.24) is 0 Å². The van der Waals surface area contributed by atoms with E-state index in [1.165, 1.54) is 0 Å². The molecule has 2 nitrogen and oxygen atoms in total. The fourth-order valence-corrected chi connectivity index (χ4v) is 1.39. The van der Waals surface area contributed by atoms with Crippen molar-refractivity contribution in [2.24, 2.45) is 5.92 Å². The van der Waals surface area contributed by atoms with Crippen molar-refractivity contribution < 1.29 is 4.74 Å². The van der Waals surface area contributed by atoms with Gasteiger partial charge in [-0.3, -0.25) is 0 Å². The van der Waals surface area contributed by atoms with Gasteiger partial charge in [-0.05, 0) is 18.8 Å². The van der Waals surface area contributed by atoms with Crippen LogP contribution in [0.4, 0.5) is 0 Å². The van der Waals surface area contributed by atoms with Crippen LogP contribution in [0.2, 0.25) is 0 Å². The summed E-state index contributed by atoms with van der Waals surface area (Å²) in [5.41, 5.74) is 0.797. The van der Waals surface area contributed by atoms with E-state index in [2.05, 4.69) is 13.0 Å². The first-order valence-electron chi connectivity index (χ1n) is 3.91. The van der Waals surface area contributed by atoms with Crippen molar-refractivity contribution in [3.8, 4) is 6.07 Å². The van der Waals surface area contributed by atoms with Gasteiger partial charge in [0.25, 0.3) is 0 Å². The van der Waals surface area contributed by atoms with Crippen LogP contribution >= 0.6 is 0 Å². The molecule has 0 N–H and O–H groups in total. The lowest BCUT2D eigenvalue weighted by molar-refractivity contribution is 0.108. The van der Waals surface area contributed by atoms with Crippen molar-refractivity contribution in [3.63, 3.8) is 0 Å². The molecule has 0 bridgehead atoms. The molecule has 0 spiro atoms. The predicted octanol–water partition coefficient (Wildman–Crippen LogP) is 1.88. The van der Waals surface area contributed by atoms with E-state index in [-0.39, 0.29) is 6.10 Å². The summed E-state index contributed by atoms with van der Waals surface area (Å²) in [5.74, 6) is 0.650. The summed E-state index contributed by atoms with van der Waals surface area (Å²) in [6.45, 7) is 2.18. The second-order valence-electron chi connectivity index (χ2n) is 3.07. The average Bonchev–Trinajstić information content (AvgIpc) is 2.04. The summed E-state index contributed by atoms with van der Waals surface area (Å²) in [7, 11) is 1.66. The molecule has 0 aromatic heterocycles. The SMILES string of the molecule is CO[C@@H]1C[C@H](C)CC=C1C#N. The third-order valence-electron chi connectivity index (χ3n) is 2.12. The van der Waals surface area contributed by atoms with Crippen LogP contribution in [-0.2, 0) is 4.74 Å². The molecule has 0 fully saturated rings. The van der Waals surface area contributed by atoms with Crippen LogP contribution < -0.4 is 0 Å². The van der Waals surface area contributed by atoms with Crippen LogP contribution in [0.25, 0.3) is 0 Å². The van der Waals surface area contributed by atoms with E-state index >= 15 is 0 Å². The highest BCUT2D eigenvalue weighted by molar-refractivity contribution is 5.27.